The number of fused-ring (bicyclic) bond motifs is 1. The number of rotatable bonds is 9. The fraction of sp³-hybridized carbons (Fsp3) is 0.219. The van der Waals surface area contributed by atoms with Crippen molar-refractivity contribution in [3.8, 4) is 11.5 Å². The summed E-state index contributed by atoms with van der Waals surface area (Å²) in [5, 5.41) is 0.373. The summed E-state index contributed by atoms with van der Waals surface area (Å²) in [6.07, 6.45) is 3.75. The summed E-state index contributed by atoms with van der Waals surface area (Å²) >= 11 is 9.37. The van der Waals surface area contributed by atoms with E-state index in [-0.39, 0.29) is 12.2 Å². The molecule has 42 heavy (non-hydrogen) atoms. The fourth-order valence-corrected chi connectivity index (χ4v) is 6.48. The van der Waals surface area contributed by atoms with Crippen LogP contribution in [0.25, 0.3) is 11.8 Å². The number of hydrogen-bond acceptors (Lipinski definition) is 8. The number of nitrogens with zero attached hydrogens (tertiary/aromatic N) is 2. The third kappa shape index (κ3) is 5.77. The summed E-state index contributed by atoms with van der Waals surface area (Å²) in [4.78, 5) is 34.1. The van der Waals surface area contributed by atoms with Crippen molar-refractivity contribution in [3.05, 3.63) is 114 Å². The molecule has 10 heteroatoms. The zero-order valence-corrected chi connectivity index (χ0v) is 25.9. The van der Waals surface area contributed by atoms with Crippen molar-refractivity contribution >= 4 is 52.4 Å². The molecule has 0 unspecified atom stereocenters. The summed E-state index contributed by atoms with van der Waals surface area (Å²) in [5.74, 6) is 0.392. The molecular formula is C32H29ClN2O5S2. The van der Waals surface area contributed by atoms with Crippen LogP contribution in [0.1, 0.15) is 36.6 Å². The van der Waals surface area contributed by atoms with E-state index in [1.165, 1.54) is 18.4 Å². The highest BCUT2D eigenvalue weighted by Gasteiger charge is 2.35. The number of halogens is 1. The highest BCUT2D eigenvalue weighted by Crippen LogP contribution is 2.37. The molecule has 3 aromatic carbocycles. The summed E-state index contributed by atoms with van der Waals surface area (Å²) in [7, 11) is 1.54. The lowest BCUT2D eigenvalue weighted by molar-refractivity contribution is -0.138. The molecule has 1 atom stereocenters. The van der Waals surface area contributed by atoms with E-state index in [1.54, 1.807) is 41.5 Å². The van der Waals surface area contributed by atoms with Crippen molar-refractivity contribution in [2.45, 2.75) is 24.8 Å². The van der Waals surface area contributed by atoms with Crippen LogP contribution in [0, 0.1) is 0 Å². The van der Waals surface area contributed by atoms with Crippen LogP contribution in [0.15, 0.2) is 87.0 Å². The van der Waals surface area contributed by atoms with E-state index in [2.05, 4.69) is 0 Å². The van der Waals surface area contributed by atoms with Crippen molar-refractivity contribution in [2.24, 2.45) is 4.99 Å². The number of esters is 1. The third-order valence-electron chi connectivity index (χ3n) is 6.64. The molecule has 0 N–H and O–H groups in total. The van der Waals surface area contributed by atoms with E-state index in [9.17, 15) is 9.59 Å². The Balaban J connectivity index is 1.78. The Bertz CT molecular complexity index is 1830. The third-order valence-corrected chi connectivity index (χ3v) is 8.65. The van der Waals surface area contributed by atoms with Gasteiger partial charge in [-0.3, -0.25) is 9.36 Å². The molecule has 0 saturated heterocycles. The number of carbonyl (C=O) groups excluding carboxylic acids is 1. The van der Waals surface area contributed by atoms with Crippen molar-refractivity contribution in [1.29, 1.82) is 0 Å². The van der Waals surface area contributed by atoms with Crippen LogP contribution in [0.5, 0.6) is 11.5 Å². The second-order valence-corrected chi connectivity index (χ2v) is 11.5. The summed E-state index contributed by atoms with van der Waals surface area (Å²) in [5.41, 5.74) is 2.70. The molecule has 0 bridgehead atoms. The van der Waals surface area contributed by atoms with Crippen LogP contribution in [0.2, 0.25) is 5.02 Å². The van der Waals surface area contributed by atoms with E-state index in [0.29, 0.717) is 49.3 Å². The smallest absolute Gasteiger partial charge is 0.338 e. The number of hydrogen-bond donors (Lipinski definition) is 0. The van der Waals surface area contributed by atoms with Crippen LogP contribution in [0.4, 0.5) is 0 Å². The number of carbonyl (C=O) groups is 1. The van der Waals surface area contributed by atoms with Crippen LogP contribution in [-0.2, 0) is 9.53 Å². The molecule has 1 aliphatic rings. The summed E-state index contributed by atoms with van der Waals surface area (Å²) in [6, 6.07) is 20.1. The molecule has 0 fully saturated rings. The lowest BCUT2D eigenvalue weighted by Crippen LogP contribution is -2.40. The Morgan fingerprint density at radius 1 is 1.10 bits per heavy atom. The first kappa shape index (κ1) is 29.7. The van der Waals surface area contributed by atoms with Gasteiger partial charge in [-0.1, -0.05) is 65.4 Å². The van der Waals surface area contributed by atoms with Gasteiger partial charge < -0.3 is 14.2 Å². The monoisotopic (exact) mass is 620 g/mol. The first-order valence-electron chi connectivity index (χ1n) is 13.3. The standard InChI is InChI=1S/C32H29ClN2O5S2/c1-5-39-29-23(33)16-19(17-24(29)38-3)18-25-30(36)35-28(21-12-14-22(41-4)15-13-21)26(31(37)40-6-2)27(34-32(35)42-25)20-10-8-7-9-11-20/h7-18,28H,5-6H2,1-4H3/b25-18-/t28-/m1/s1. The van der Waals surface area contributed by atoms with E-state index >= 15 is 0 Å². The van der Waals surface area contributed by atoms with E-state index in [0.717, 1.165) is 16.0 Å². The van der Waals surface area contributed by atoms with Gasteiger partial charge in [0.05, 0.1) is 47.2 Å². The van der Waals surface area contributed by atoms with E-state index in [4.69, 9.17) is 30.8 Å². The number of methoxy groups -OCH3 is 1. The predicted octanol–water partition coefficient (Wildman–Crippen LogP) is 5.72. The molecule has 7 nitrogen and oxygen atoms in total. The molecule has 1 aromatic heterocycles. The topological polar surface area (TPSA) is 79.1 Å². The van der Waals surface area contributed by atoms with Gasteiger partial charge in [-0.05, 0) is 61.6 Å². The maximum absolute atomic E-state index is 14.1. The second-order valence-electron chi connectivity index (χ2n) is 9.17. The van der Waals surface area contributed by atoms with Crippen molar-refractivity contribution in [1.82, 2.24) is 4.57 Å². The fourth-order valence-electron chi connectivity index (χ4n) is 4.80. The normalized spacial score (nSPS) is 14.8. The highest BCUT2D eigenvalue weighted by atomic mass is 35.5. The molecule has 0 amide bonds. The Kier molecular flexibility index (Phi) is 9.21. The zero-order chi connectivity index (χ0) is 29.8. The van der Waals surface area contributed by atoms with Gasteiger partial charge >= 0.3 is 5.97 Å². The number of aromatic nitrogens is 1. The second kappa shape index (κ2) is 13.0. The first-order valence-corrected chi connectivity index (χ1v) is 15.7. The quantitative estimate of drug-likeness (QED) is 0.176. The van der Waals surface area contributed by atoms with Crippen molar-refractivity contribution < 1.29 is 19.0 Å². The minimum absolute atomic E-state index is 0.188. The van der Waals surface area contributed by atoms with Crippen molar-refractivity contribution in [3.63, 3.8) is 0 Å². The Morgan fingerprint density at radius 2 is 1.83 bits per heavy atom. The Hall–Kier alpha value is -3.79. The molecule has 0 spiro atoms. The van der Waals surface area contributed by atoms with Crippen LogP contribution < -0.4 is 24.4 Å². The van der Waals surface area contributed by atoms with Gasteiger partial charge in [0.1, 0.15) is 0 Å². The molecule has 4 aromatic rings. The van der Waals surface area contributed by atoms with Crippen LogP contribution in [0.3, 0.4) is 0 Å². The lowest BCUT2D eigenvalue weighted by Gasteiger charge is -2.26. The molecule has 0 aliphatic carbocycles. The minimum Gasteiger partial charge on any atom is -0.493 e. The van der Waals surface area contributed by atoms with Gasteiger partial charge in [0.15, 0.2) is 16.3 Å². The SMILES string of the molecule is CCOC(=O)C1=C(c2ccccc2)N=c2s/c(=C\c3cc(Cl)c(OCC)c(OC)c3)c(=O)n2[C@@H]1c1ccc(SC)cc1. The zero-order valence-electron chi connectivity index (χ0n) is 23.5. The van der Waals surface area contributed by atoms with Gasteiger partial charge in [-0.15, -0.1) is 11.8 Å². The molecule has 216 valence electrons. The molecule has 1 aliphatic heterocycles. The van der Waals surface area contributed by atoms with Gasteiger partial charge in [0, 0.05) is 10.5 Å². The number of thiazole rings is 1. The van der Waals surface area contributed by atoms with Crippen LogP contribution >= 0.6 is 34.7 Å². The van der Waals surface area contributed by atoms with E-state index in [1.807, 2.05) is 67.8 Å². The average Bonchev–Trinajstić information content (AvgIpc) is 3.32. The summed E-state index contributed by atoms with van der Waals surface area (Å²) < 4.78 is 18.7. The van der Waals surface area contributed by atoms with E-state index < -0.39 is 12.0 Å². The van der Waals surface area contributed by atoms with Gasteiger partial charge in [0.25, 0.3) is 5.56 Å². The molecule has 0 radical (unpaired) electrons. The number of thioether (sulfide) groups is 1. The maximum Gasteiger partial charge on any atom is 0.338 e. The average molecular weight is 621 g/mol. The molecule has 2 heterocycles. The highest BCUT2D eigenvalue weighted by molar-refractivity contribution is 7.98. The Morgan fingerprint density at radius 3 is 2.48 bits per heavy atom. The van der Waals surface area contributed by atoms with Crippen molar-refractivity contribution in [2.75, 3.05) is 26.6 Å². The van der Waals surface area contributed by atoms with Crippen LogP contribution in [-0.4, -0.2) is 37.1 Å². The minimum atomic E-state index is -0.744. The van der Waals surface area contributed by atoms with Gasteiger partial charge in [0.2, 0.25) is 0 Å². The number of benzene rings is 3. The number of ether oxygens (including phenoxy) is 3. The predicted molar refractivity (Wildman–Crippen MR) is 168 cm³/mol. The van der Waals surface area contributed by atoms with Gasteiger partial charge in [-0.25, -0.2) is 9.79 Å². The molecular weight excluding hydrogens is 592 g/mol. The first-order chi connectivity index (χ1) is 20.4. The molecule has 0 saturated carbocycles. The maximum atomic E-state index is 14.1. The summed E-state index contributed by atoms with van der Waals surface area (Å²) in [6.45, 7) is 4.24. The lowest BCUT2D eigenvalue weighted by atomic mass is 9.93. The largest absolute Gasteiger partial charge is 0.493 e. The Labute approximate surface area is 256 Å². The van der Waals surface area contributed by atoms with Gasteiger partial charge in [-0.2, -0.15) is 0 Å². The molecule has 5 rings (SSSR count).